The fourth-order valence-electron chi connectivity index (χ4n) is 13.4. The van der Waals surface area contributed by atoms with Crippen LogP contribution >= 0.6 is 0 Å². The number of aliphatic hydroxyl groups excluding tert-OH is 11. The topological polar surface area (TPSA) is 326 Å². The predicted octanol–water partition coefficient (Wildman–Crippen LogP) is -2.57. The van der Waals surface area contributed by atoms with E-state index >= 15 is 0 Å². The van der Waals surface area contributed by atoms with Gasteiger partial charge in [0.15, 0.2) is 25.2 Å². The molecule has 8 aliphatic rings. The first kappa shape index (κ1) is 52.2. The number of fused-ring (bicyclic) bond motifs is 5. The van der Waals surface area contributed by atoms with E-state index in [1.165, 1.54) is 19.6 Å². The van der Waals surface area contributed by atoms with Crippen LogP contribution in [-0.4, -0.2) is 222 Å². The quantitative estimate of drug-likeness (QED) is 0.0895. The summed E-state index contributed by atoms with van der Waals surface area (Å²) in [6.45, 7) is 8.43. The van der Waals surface area contributed by atoms with Crippen molar-refractivity contribution < 1.29 is 104 Å². The third kappa shape index (κ3) is 9.11. The van der Waals surface area contributed by atoms with Crippen molar-refractivity contribution in [1.29, 1.82) is 0 Å². The largest absolute Gasteiger partial charge is 0.394 e. The van der Waals surface area contributed by atoms with Crippen LogP contribution in [0.5, 0.6) is 0 Å². The van der Waals surface area contributed by atoms with Gasteiger partial charge in [-0.15, -0.1) is 0 Å². The molecule has 0 aromatic carbocycles. The van der Waals surface area contributed by atoms with Gasteiger partial charge in [0.05, 0.1) is 43.2 Å². The van der Waals surface area contributed by atoms with Crippen LogP contribution in [0.1, 0.15) is 86.0 Å². The summed E-state index contributed by atoms with van der Waals surface area (Å²) in [5.41, 5.74) is -0.587. The van der Waals surface area contributed by atoms with E-state index < -0.39 is 153 Å². The van der Waals surface area contributed by atoms with Crippen molar-refractivity contribution in [2.24, 2.45) is 28.6 Å². The second-order valence-electron chi connectivity index (χ2n) is 21.2. The molecule has 7 fully saturated rings. The standard InChI is InChI=1S/C46H76O21/c1-18(61-41-35(55)33(53)30(50)27(66-41)17-60-40-34(54)31(51)28(48)19(2)62-40)23-11-14-46(58)25-8-7-21-15-22(9-12-44(21,4)24(25)10-13-45(23,46)5)64-43-37(57)39(59-6)38(20(3)63-43)67-42-36(56)32(52)29(49)26(16-47)65-42/h7,18-20,22-43,47-58H,8-17H2,1-6H3. The molecule has 3 saturated carbocycles. The maximum atomic E-state index is 12.9. The molecule has 21 heteroatoms. The minimum Gasteiger partial charge on any atom is -0.394 e. The van der Waals surface area contributed by atoms with Crippen LogP contribution < -0.4 is 0 Å². The maximum absolute atomic E-state index is 12.9. The van der Waals surface area contributed by atoms with Gasteiger partial charge < -0.3 is 104 Å². The maximum Gasteiger partial charge on any atom is 0.187 e. The lowest BCUT2D eigenvalue weighted by Crippen LogP contribution is -2.64. The Kier molecular flexibility index (Phi) is 15.6. The molecule has 0 aromatic heterocycles. The van der Waals surface area contributed by atoms with Crippen molar-refractivity contribution in [2.45, 2.75) is 227 Å². The van der Waals surface area contributed by atoms with Crippen molar-refractivity contribution in [2.75, 3.05) is 20.3 Å². The van der Waals surface area contributed by atoms with Crippen LogP contribution in [0.25, 0.3) is 0 Å². The van der Waals surface area contributed by atoms with Gasteiger partial charge in [0.25, 0.3) is 0 Å². The SMILES string of the molecule is COC1C(O)C(OC2CCC3(C)C(=CCC4C3CCC3(C)C(C(C)OC5OC(COC6OC(C)C(O)C(O)C6O)C(O)C(O)C5O)CCC43O)C2)OC(C)C1OC1OC(CO)C(O)C(O)C1O. The van der Waals surface area contributed by atoms with E-state index in [4.69, 9.17) is 42.6 Å². The van der Waals surface area contributed by atoms with Crippen LogP contribution in [-0.2, 0) is 42.6 Å². The van der Waals surface area contributed by atoms with Crippen molar-refractivity contribution in [3.8, 4) is 0 Å². The Morgan fingerprint density at radius 1 is 0.642 bits per heavy atom. The highest BCUT2D eigenvalue weighted by Gasteiger charge is 2.67. The summed E-state index contributed by atoms with van der Waals surface area (Å²) in [5.74, 6) is -0.0223. The van der Waals surface area contributed by atoms with Gasteiger partial charge in [-0.3, -0.25) is 0 Å². The van der Waals surface area contributed by atoms with Crippen molar-refractivity contribution >= 4 is 0 Å². The molecule has 0 spiro atoms. The van der Waals surface area contributed by atoms with Crippen LogP contribution in [0.3, 0.4) is 0 Å². The first-order chi connectivity index (χ1) is 31.6. The lowest BCUT2D eigenvalue weighted by molar-refractivity contribution is -0.361. The highest BCUT2D eigenvalue weighted by Crippen LogP contribution is 2.68. The van der Waals surface area contributed by atoms with Crippen molar-refractivity contribution in [3.63, 3.8) is 0 Å². The molecule has 67 heavy (non-hydrogen) atoms. The van der Waals surface area contributed by atoms with Gasteiger partial charge in [-0.25, -0.2) is 0 Å². The average molecular weight is 965 g/mol. The second kappa shape index (κ2) is 20.1. The summed E-state index contributed by atoms with van der Waals surface area (Å²) >= 11 is 0. The van der Waals surface area contributed by atoms with Crippen LogP contribution in [0.2, 0.25) is 0 Å². The van der Waals surface area contributed by atoms with E-state index in [9.17, 15) is 61.3 Å². The van der Waals surface area contributed by atoms with E-state index in [0.29, 0.717) is 38.5 Å². The van der Waals surface area contributed by atoms with Gasteiger partial charge in [-0.05, 0) is 95.3 Å². The summed E-state index contributed by atoms with van der Waals surface area (Å²) < 4.78 is 53.4. The number of methoxy groups -OCH3 is 1. The zero-order valence-corrected chi connectivity index (χ0v) is 39.1. The third-order valence-corrected chi connectivity index (χ3v) is 17.6. The van der Waals surface area contributed by atoms with E-state index in [2.05, 4.69) is 19.9 Å². The molecule has 4 heterocycles. The Hall–Kier alpha value is -1.10. The Morgan fingerprint density at radius 2 is 1.25 bits per heavy atom. The van der Waals surface area contributed by atoms with E-state index in [1.54, 1.807) is 6.92 Å². The van der Waals surface area contributed by atoms with Crippen molar-refractivity contribution in [3.05, 3.63) is 11.6 Å². The molecule has 386 valence electrons. The Bertz CT molecular complexity index is 1710. The lowest BCUT2D eigenvalue weighted by Gasteiger charge is -2.61. The first-order valence-electron chi connectivity index (χ1n) is 24.2. The number of allylic oxidation sites excluding steroid dienone is 1. The molecule has 28 unspecified atom stereocenters. The number of ether oxygens (including phenoxy) is 9. The molecule has 21 nitrogen and oxygen atoms in total. The van der Waals surface area contributed by atoms with Gasteiger partial charge in [-0.2, -0.15) is 0 Å². The molecule has 0 amide bonds. The molecule has 0 radical (unpaired) electrons. The molecular weight excluding hydrogens is 888 g/mol. The number of rotatable bonds is 12. The molecule has 8 rings (SSSR count). The van der Waals surface area contributed by atoms with E-state index in [-0.39, 0.29) is 29.3 Å². The molecule has 12 N–H and O–H groups in total. The molecule has 4 saturated heterocycles. The summed E-state index contributed by atoms with van der Waals surface area (Å²) in [6.07, 6.45) is -19.9. The van der Waals surface area contributed by atoms with Crippen LogP contribution in [0, 0.1) is 28.6 Å². The van der Waals surface area contributed by atoms with Gasteiger partial charge in [0.2, 0.25) is 0 Å². The first-order valence-corrected chi connectivity index (χ1v) is 24.2. The molecule has 4 aliphatic heterocycles. The van der Waals surface area contributed by atoms with E-state index in [1.807, 2.05) is 6.92 Å². The van der Waals surface area contributed by atoms with Gasteiger partial charge in [0.1, 0.15) is 85.5 Å². The average Bonchev–Trinajstić information content (AvgIpc) is 3.59. The molecule has 0 aromatic rings. The van der Waals surface area contributed by atoms with Crippen LogP contribution in [0.4, 0.5) is 0 Å². The normalized spacial score (nSPS) is 55.2. The van der Waals surface area contributed by atoms with E-state index in [0.717, 1.165) is 12.8 Å². The highest BCUT2D eigenvalue weighted by atomic mass is 16.8. The second-order valence-corrected chi connectivity index (χ2v) is 21.2. The molecule has 4 aliphatic carbocycles. The number of aliphatic hydroxyl groups is 12. The Labute approximate surface area is 390 Å². The summed E-state index contributed by atoms with van der Waals surface area (Å²) in [4.78, 5) is 0. The van der Waals surface area contributed by atoms with Gasteiger partial charge >= 0.3 is 0 Å². The number of hydrogen-bond acceptors (Lipinski definition) is 21. The fraction of sp³-hybridized carbons (Fsp3) is 0.957. The highest BCUT2D eigenvalue weighted by molar-refractivity contribution is 5.28. The fourth-order valence-corrected chi connectivity index (χ4v) is 13.4. The van der Waals surface area contributed by atoms with Gasteiger partial charge in [-0.1, -0.05) is 25.5 Å². The smallest absolute Gasteiger partial charge is 0.187 e. The molecule has 28 atom stereocenters. The zero-order valence-electron chi connectivity index (χ0n) is 39.1. The van der Waals surface area contributed by atoms with Crippen molar-refractivity contribution in [1.82, 2.24) is 0 Å². The summed E-state index contributed by atoms with van der Waals surface area (Å²) in [7, 11) is 1.40. The van der Waals surface area contributed by atoms with Gasteiger partial charge in [0, 0.05) is 12.5 Å². The predicted molar refractivity (Wildman–Crippen MR) is 227 cm³/mol. The lowest BCUT2D eigenvalue weighted by atomic mass is 9.45. The van der Waals surface area contributed by atoms with Crippen LogP contribution in [0.15, 0.2) is 11.6 Å². The third-order valence-electron chi connectivity index (χ3n) is 17.6. The summed E-state index contributed by atoms with van der Waals surface area (Å²) in [6, 6.07) is 0. The zero-order chi connectivity index (χ0) is 48.7. The molecular formula is C46H76O21. The summed E-state index contributed by atoms with van der Waals surface area (Å²) in [5, 5.41) is 128. The number of hydrogen-bond donors (Lipinski definition) is 12. The monoisotopic (exact) mass is 964 g/mol. The minimum absolute atomic E-state index is 0.0446. The Balaban J connectivity index is 0.883. The minimum atomic E-state index is -1.66. The Morgan fingerprint density at radius 3 is 1.94 bits per heavy atom. The molecule has 0 bridgehead atoms.